The van der Waals surface area contributed by atoms with Gasteiger partial charge in [0.05, 0.1) is 28.0 Å². The van der Waals surface area contributed by atoms with Crippen molar-refractivity contribution in [2.24, 2.45) is 0 Å². The molecule has 1 fully saturated rings. The maximum Gasteiger partial charge on any atom is 0.234 e. The Morgan fingerprint density at radius 2 is 1.92 bits per heavy atom. The molecular weight excluding hydrogens is 388 g/mol. The molecule has 5 nitrogen and oxygen atoms in total. The molecule has 1 aliphatic rings. The van der Waals surface area contributed by atoms with Gasteiger partial charge in [-0.05, 0) is 32.9 Å². The van der Waals surface area contributed by atoms with E-state index in [0.29, 0.717) is 6.54 Å². The molecule has 1 aliphatic heterocycles. The molecule has 2 aromatic heterocycles. The molecule has 26 heavy (non-hydrogen) atoms. The van der Waals surface area contributed by atoms with E-state index >= 15 is 0 Å². The summed E-state index contributed by atoms with van der Waals surface area (Å²) in [5.41, 5.74) is 0.841. The normalized spacial score (nSPS) is 16.8. The van der Waals surface area contributed by atoms with Gasteiger partial charge < -0.3 is 5.32 Å². The molecule has 0 bridgehead atoms. The summed E-state index contributed by atoms with van der Waals surface area (Å²) in [5, 5.41) is 6.26. The molecule has 0 spiro atoms. The van der Waals surface area contributed by atoms with Crippen LogP contribution in [-0.4, -0.2) is 59.0 Å². The predicted molar refractivity (Wildman–Crippen MR) is 110 cm³/mol. The Hall–Kier alpha value is -0.990. The minimum Gasteiger partial charge on any atom is -0.350 e. The van der Waals surface area contributed by atoms with Gasteiger partial charge in [0.25, 0.3) is 0 Å². The standard InChI is InChI=1S/C18H25ClN4OS2/c1-18(2,3)21-16(24)10-22-6-8-23(9-7-22)11-17-20-13(12-25-17)14-4-5-15(19)26-14/h4-5,12H,6-11H2,1-3H3,(H,21,24). The Balaban J connectivity index is 1.46. The van der Waals surface area contributed by atoms with Gasteiger partial charge in [-0.1, -0.05) is 11.6 Å². The van der Waals surface area contributed by atoms with Crippen molar-refractivity contribution in [1.82, 2.24) is 20.1 Å². The number of piperazine rings is 1. The van der Waals surface area contributed by atoms with Crippen molar-refractivity contribution in [2.45, 2.75) is 32.9 Å². The van der Waals surface area contributed by atoms with Gasteiger partial charge in [0.15, 0.2) is 0 Å². The molecule has 1 N–H and O–H groups in total. The Morgan fingerprint density at radius 3 is 2.54 bits per heavy atom. The van der Waals surface area contributed by atoms with Crippen LogP contribution < -0.4 is 5.32 Å². The van der Waals surface area contributed by atoms with Crippen molar-refractivity contribution >= 4 is 40.2 Å². The molecule has 0 atom stereocenters. The van der Waals surface area contributed by atoms with Crippen molar-refractivity contribution in [3.05, 3.63) is 26.9 Å². The first-order valence-corrected chi connectivity index (χ1v) is 10.8. The van der Waals surface area contributed by atoms with E-state index in [1.54, 1.807) is 22.7 Å². The first kappa shape index (κ1) is 19.8. The summed E-state index contributed by atoms with van der Waals surface area (Å²) in [6.45, 7) is 11.1. The topological polar surface area (TPSA) is 48.5 Å². The van der Waals surface area contributed by atoms with Crippen LogP contribution in [0.1, 0.15) is 25.8 Å². The number of nitrogens with zero attached hydrogens (tertiary/aromatic N) is 3. The van der Waals surface area contributed by atoms with Gasteiger partial charge in [-0.3, -0.25) is 14.6 Å². The zero-order valence-corrected chi connectivity index (χ0v) is 17.8. The van der Waals surface area contributed by atoms with Gasteiger partial charge in [-0.15, -0.1) is 22.7 Å². The van der Waals surface area contributed by atoms with Crippen LogP contribution in [0.5, 0.6) is 0 Å². The van der Waals surface area contributed by atoms with Crippen LogP contribution in [-0.2, 0) is 11.3 Å². The number of nitrogens with one attached hydrogen (secondary N) is 1. The van der Waals surface area contributed by atoms with Crippen molar-refractivity contribution in [2.75, 3.05) is 32.7 Å². The van der Waals surface area contributed by atoms with Crippen LogP contribution in [0.15, 0.2) is 17.5 Å². The van der Waals surface area contributed by atoms with Crippen LogP contribution in [0.2, 0.25) is 4.34 Å². The van der Waals surface area contributed by atoms with Gasteiger partial charge in [-0.2, -0.15) is 0 Å². The number of amides is 1. The van der Waals surface area contributed by atoms with E-state index in [0.717, 1.165) is 52.6 Å². The van der Waals surface area contributed by atoms with E-state index in [1.807, 2.05) is 32.9 Å². The van der Waals surface area contributed by atoms with Gasteiger partial charge in [0.2, 0.25) is 5.91 Å². The van der Waals surface area contributed by atoms with E-state index in [1.165, 1.54) is 0 Å². The van der Waals surface area contributed by atoms with Crippen molar-refractivity contribution in [3.8, 4) is 10.6 Å². The number of hydrogen-bond acceptors (Lipinski definition) is 6. The molecule has 0 aromatic carbocycles. The fraction of sp³-hybridized carbons (Fsp3) is 0.556. The number of hydrogen-bond donors (Lipinski definition) is 1. The van der Waals surface area contributed by atoms with Gasteiger partial charge in [0, 0.05) is 37.1 Å². The summed E-state index contributed by atoms with van der Waals surface area (Å²) in [4.78, 5) is 22.5. The number of carbonyl (C=O) groups is 1. The monoisotopic (exact) mass is 412 g/mol. The minimum atomic E-state index is -0.172. The molecule has 142 valence electrons. The van der Waals surface area contributed by atoms with Crippen molar-refractivity contribution in [1.29, 1.82) is 0 Å². The van der Waals surface area contributed by atoms with Crippen LogP contribution >= 0.6 is 34.3 Å². The third-order valence-electron chi connectivity index (χ3n) is 4.08. The number of aromatic nitrogens is 1. The third-order valence-corrected chi connectivity index (χ3v) is 6.17. The van der Waals surface area contributed by atoms with E-state index in [-0.39, 0.29) is 11.4 Å². The molecular formula is C18H25ClN4OS2. The van der Waals surface area contributed by atoms with Gasteiger partial charge in [-0.25, -0.2) is 4.98 Å². The quantitative estimate of drug-likeness (QED) is 0.815. The maximum atomic E-state index is 12.1. The van der Waals surface area contributed by atoms with E-state index in [2.05, 4.69) is 20.5 Å². The first-order valence-electron chi connectivity index (χ1n) is 8.74. The molecule has 0 aliphatic carbocycles. The highest BCUT2D eigenvalue weighted by atomic mass is 35.5. The van der Waals surface area contributed by atoms with Crippen LogP contribution in [0.25, 0.3) is 10.6 Å². The lowest BCUT2D eigenvalue weighted by Crippen LogP contribution is -2.51. The number of carbonyl (C=O) groups excluding carboxylic acids is 1. The lowest BCUT2D eigenvalue weighted by atomic mass is 10.1. The number of rotatable bonds is 5. The molecule has 1 saturated heterocycles. The van der Waals surface area contributed by atoms with Crippen LogP contribution in [0.4, 0.5) is 0 Å². The van der Waals surface area contributed by atoms with E-state index < -0.39 is 0 Å². The number of thiophene rings is 1. The lowest BCUT2D eigenvalue weighted by molar-refractivity contribution is -0.124. The molecule has 2 aromatic rings. The molecule has 3 rings (SSSR count). The molecule has 3 heterocycles. The zero-order valence-electron chi connectivity index (χ0n) is 15.4. The number of halogens is 1. The van der Waals surface area contributed by atoms with E-state index in [4.69, 9.17) is 16.6 Å². The van der Waals surface area contributed by atoms with E-state index in [9.17, 15) is 4.79 Å². The summed E-state index contributed by atoms with van der Waals surface area (Å²) in [6.07, 6.45) is 0. The average molecular weight is 413 g/mol. The Kier molecular flexibility index (Phi) is 6.35. The summed E-state index contributed by atoms with van der Waals surface area (Å²) in [7, 11) is 0. The van der Waals surface area contributed by atoms with Crippen LogP contribution in [0, 0.1) is 0 Å². The van der Waals surface area contributed by atoms with Gasteiger partial charge >= 0.3 is 0 Å². The highest BCUT2D eigenvalue weighted by molar-refractivity contribution is 7.19. The second-order valence-electron chi connectivity index (χ2n) is 7.58. The number of thiazole rings is 1. The fourth-order valence-corrected chi connectivity index (χ4v) is 4.82. The summed E-state index contributed by atoms with van der Waals surface area (Å²) in [5.74, 6) is 0.102. The Labute approximate surface area is 168 Å². The van der Waals surface area contributed by atoms with Crippen molar-refractivity contribution in [3.63, 3.8) is 0 Å². The van der Waals surface area contributed by atoms with Gasteiger partial charge in [0.1, 0.15) is 5.01 Å². The first-order chi connectivity index (χ1) is 12.3. The largest absolute Gasteiger partial charge is 0.350 e. The molecule has 0 unspecified atom stereocenters. The minimum absolute atomic E-state index is 0.102. The lowest BCUT2D eigenvalue weighted by Gasteiger charge is -2.34. The smallest absolute Gasteiger partial charge is 0.234 e. The second kappa shape index (κ2) is 8.35. The molecule has 8 heteroatoms. The molecule has 1 amide bonds. The highest BCUT2D eigenvalue weighted by Crippen LogP contribution is 2.31. The third kappa shape index (κ3) is 5.76. The SMILES string of the molecule is CC(C)(C)NC(=O)CN1CCN(Cc2nc(-c3ccc(Cl)s3)cs2)CC1. The zero-order chi connectivity index (χ0) is 18.7. The Bertz CT molecular complexity index is 744. The van der Waals surface area contributed by atoms with Crippen molar-refractivity contribution < 1.29 is 4.79 Å². The highest BCUT2D eigenvalue weighted by Gasteiger charge is 2.21. The summed E-state index contributed by atoms with van der Waals surface area (Å²) in [6, 6.07) is 3.93. The summed E-state index contributed by atoms with van der Waals surface area (Å²) < 4.78 is 0.793. The fourth-order valence-electron chi connectivity index (χ4n) is 2.91. The average Bonchev–Trinajstić information content (AvgIpc) is 3.16. The summed E-state index contributed by atoms with van der Waals surface area (Å²) >= 11 is 9.27. The van der Waals surface area contributed by atoms with Crippen LogP contribution in [0.3, 0.4) is 0 Å². The predicted octanol–water partition coefficient (Wildman–Crippen LogP) is 3.56. The molecule has 0 saturated carbocycles. The maximum absolute atomic E-state index is 12.1. The molecule has 0 radical (unpaired) electrons. The second-order valence-corrected chi connectivity index (χ2v) is 10.2. The Morgan fingerprint density at radius 1 is 1.23 bits per heavy atom.